The van der Waals surface area contributed by atoms with Crippen molar-refractivity contribution in [1.82, 2.24) is 24.7 Å². The number of nitrogens with zero attached hydrogens (tertiary/aromatic N) is 5. The van der Waals surface area contributed by atoms with Crippen molar-refractivity contribution in [3.8, 4) is 11.4 Å². The third-order valence-electron chi connectivity index (χ3n) is 4.59. The van der Waals surface area contributed by atoms with E-state index in [2.05, 4.69) is 37.2 Å². The Bertz CT molecular complexity index is 836. The summed E-state index contributed by atoms with van der Waals surface area (Å²) in [6.45, 7) is 2.63. The molecule has 0 aliphatic heterocycles. The van der Waals surface area contributed by atoms with Gasteiger partial charge in [0.2, 0.25) is 0 Å². The normalized spacial score (nSPS) is 14.8. The van der Waals surface area contributed by atoms with E-state index in [1.54, 1.807) is 12.4 Å². The highest BCUT2D eigenvalue weighted by Crippen LogP contribution is 2.28. The van der Waals surface area contributed by atoms with Crippen molar-refractivity contribution in [3.05, 3.63) is 54.2 Å². The predicted octanol–water partition coefficient (Wildman–Crippen LogP) is 3.77. The van der Waals surface area contributed by atoms with Gasteiger partial charge in [-0.1, -0.05) is 12.8 Å². The number of aromatic nitrogens is 5. The van der Waals surface area contributed by atoms with Gasteiger partial charge in [0, 0.05) is 35.9 Å². The third-order valence-corrected chi connectivity index (χ3v) is 4.59. The minimum absolute atomic E-state index is 0.576. The average Bonchev–Trinajstić information content (AvgIpc) is 3.32. The predicted molar refractivity (Wildman–Crippen MR) is 97.1 cm³/mol. The number of anilines is 1. The van der Waals surface area contributed by atoms with E-state index >= 15 is 0 Å². The molecular weight excluding hydrogens is 312 g/mol. The van der Waals surface area contributed by atoms with Crippen LogP contribution < -0.4 is 5.32 Å². The van der Waals surface area contributed by atoms with Crippen LogP contribution in [0.2, 0.25) is 0 Å². The van der Waals surface area contributed by atoms with Gasteiger partial charge in [0.25, 0.3) is 0 Å². The van der Waals surface area contributed by atoms with Crippen molar-refractivity contribution in [1.29, 1.82) is 0 Å². The molecule has 3 aromatic rings. The van der Waals surface area contributed by atoms with Crippen molar-refractivity contribution in [2.75, 3.05) is 5.32 Å². The molecule has 0 aromatic carbocycles. The highest BCUT2D eigenvalue weighted by molar-refractivity contribution is 5.56. The van der Waals surface area contributed by atoms with Gasteiger partial charge in [-0.3, -0.25) is 9.67 Å². The number of aryl methyl sites for hydroxylation is 1. The molecular formula is C19H22N6. The lowest BCUT2D eigenvalue weighted by Crippen LogP contribution is -2.08. The fraction of sp³-hybridized carbons (Fsp3) is 0.368. The minimum Gasteiger partial charge on any atom is -0.364 e. The van der Waals surface area contributed by atoms with Crippen LogP contribution in [0, 0.1) is 6.92 Å². The summed E-state index contributed by atoms with van der Waals surface area (Å²) in [5.74, 6) is 1.49. The molecule has 3 aromatic heterocycles. The van der Waals surface area contributed by atoms with E-state index in [-0.39, 0.29) is 0 Å². The molecule has 1 N–H and O–H groups in total. The fourth-order valence-electron chi connectivity index (χ4n) is 3.31. The molecule has 0 atom stereocenters. The van der Waals surface area contributed by atoms with Crippen molar-refractivity contribution in [2.24, 2.45) is 0 Å². The average molecular weight is 334 g/mol. The number of nitrogens with one attached hydrogen (secondary N) is 1. The Kier molecular flexibility index (Phi) is 4.41. The molecule has 1 aliphatic rings. The van der Waals surface area contributed by atoms with Gasteiger partial charge in [-0.25, -0.2) is 9.97 Å². The van der Waals surface area contributed by atoms with Crippen LogP contribution >= 0.6 is 0 Å². The smallest absolute Gasteiger partial charge is 0.163 e. The van der Waals surface area contributed by atoms with E-state index in [1.807, 2.05) is 25.1 Å². The van der Waals surface area contributed by atoms with E-state index in [0.717, 1.165) is 22.8 Å². The first-order chi connectivity index (χ1) is 12.3. The first kappa shape index (κ1) is 15.7. The van der Waals surface area contributed by atoms with Crippen LogP contribution in [-0.4, -0.2) is 24.7 Å². The Morgan fingerprint density at radius 2 is 2.08 bits per heavy atom. The van der Waals surface area contributed by atoms with Crippen LogP contribution in [0.3, 0.4) is 0 Å². The summed E-state index contributed by atoms with van der Waals surface area (Å²) in [4.78, 5) is 13.3. The molecule has 1 fully saturated rings. The van der Waals surface area contributed by atoms with Crippen molar-refractivity contribution in [3.63, 3.8) is 0 Å². The van der Waals surface area contributed by atoms with Crippen LogP contribution in [0.4, 0.5) is 5.82 Å². The molecule has 1 aliphatic carbocycles. The van der Waals surface area contributed by atoms with Gasteiger partial charge in [-0.05, 0) is 38.0 Å². The lowest BCUT2D eigenvalue weighted by atomic mass is 10.2. The molecule has 0 saturated heterocycles. The van der Waals surface area contributed by atoms with E-state index in [9.17, 15) is 0 Å². The number of hydrogen-bond acceptors (Lipinski definition) is 5. The van der Waals surface area contributed by atoms with Gasteiger partial charge in [-0.15, -0.1) is 0 Å². The third kappa shape index (κ3) is 3.68. The fourth-order valence-corrected chi connectivity index (χ4v) is 3.31. The molecule has 0 radical (unpaired) electrons. The summed E-state index contributed by atoms with van der Waals surface area (Å²) >= 11 is 0. The Hall–Kier alpha value is -2.76. The summed E-state index contributed by atoms with van der Waals surface area (Å²) in [6.07, 6.45) is 10.7. The molecule has 0 amide bonds. The summed E-state index contributed by atoms with van der Waals surface area (Å²) in [5.41, 5.74) is 2.87. The molecule has 6 nitrogen and oxygen atoms in total. The Labute approximate surface area is 147 Å². The van der Waals surface area contributed by atoms with Crippen LogP contribution in [0.5, 0.6) is 0 Å². The van der Waals surface area contributed by atoms with E-state index in [4.69, 9.17) is 5.10 Å². The molecule has 0 bridgehead atoms. The standard InChI is InChI=1S/C19H22N6/c1-14-11-18(23-19(22-14)15-5-4-9-20-12-15)21-13-16-8-10-25(24-16)17-6-2-3-7-17/h4-5,8-12,17H,2-3,6-7,13H2,1H3,(H,21,22,23). The maximum atomic E-state index is 4.71. The SMILES string of the molecule is Cc1cc(NCc2ccn(C3CCCC3)n2)nc(-c2cccnc2)n1. The molecule has 25 heavy (non-hydrogen) atoms. The van der Waals surface area contributed by atoms with Crippen molar-refractivity contribution in [2.45, 2.75) is 45.2 Å². The minimum atomic E-state index is 0.576. The zero-order valence-corrected chi connectivity index (χ0v) is 14.4. The first-order valence-electron chi connectivity index (χ1n) is 8.82. The largest absolute Gasteiger partial charge is 0.364 e. The summed E-state index contributed by atoms with van der Waals surface area (Å²) in [7, 11) is 0. The molecule has 6 heteroatoms. The van der Waals surface area contributed by atoms with Crippen molar-refractivity contribution < 1.29 is 0 Å². The lowest BCUT2D eigenvalue weighted by molar-refractivity contribution is 0.463. The highest BCUT2D eigenvalue weighted by atomic mass is 15.3. The topological polar surface area (TPSA) is 68.5 Å². The maximum absolute atomic E-state index is 4.71. The van der Waals surface area contributed by atoms with Crippen molar-refractivity contribution >= 4 is 5.82 Å². The van der Waals surface area contributed by atoms with Crippen LogP contribution in [-0.2, 0) is 6.54 Å². The van der Waals surface area contributed by atoms with Crippen LogP contribution in [0.25, 0.3) is 11.4 Å². The van der Waals surface area contributed by atoms with Gasteiger partial charge in [0.05, 0.1) is 18.3 Å². The second-order valence-electron chi connectivity index (χ2n) is 6.54. The number of hydrogen-bond donors (Lipinski definition) is 1. The van der Waals surface area contributed by atoms with Gasteiger partial charge >= 0.3 is 0 Å². The molecule has 3 heterocycles. The quantitative estimate of drug-likeness (QED) is 0.769. The summed E-state index contributed by atoms with van der Waals surface area (Å²) in [5, 5.41) is 8.08. The zero-order chi connectivity index (χ0) is 17.1. The Morgan fingerprint density at radius 3 is 2.88 bits per heavy atom. The Morgan fingerprint density at radius 1 is 1.20 bits per heavy atom. The zero-order valence-electron chi connectivity index (χ0n) is 14.4. The van der Waals surface area contributed by atoms with Gasteiger partial charge < -0.3 is 5.32 Å². The van der Waals surface area contributed by atoms with Gasteiger partial charge in [-0.2, -0.15) is 5.10 Å². The van der Waals surface area contributed by atoms with E-state index in [0.29, 0.717) is 18.4 Å². The van der Waals surface area contributed by atoms with E-state index < -0.39 is 0 Å². The number of rotatable bonds is 5. The molecule has 0 unspecified atom stereocenters. The molecule has 1 saturated carbocycles. The second-order valence-corrected chi connectivity index (χ2v) is 6.54. The van der Waals surface area contributed by atoms with Gasteiger partial charge in [0.15, 0.2) is 5.82 Å². The first-order valence-corrected chi connectivity index (χ1v) is 8.82. The monoisotopic (exact) mass is 334 g/mol. The van der Waals surface area contributed by atoms with Crippen LogP contribution in [0.15, 0.2) is 42.9 Å². The summed E-state index contributed by atoms with van der Waals surface area (Å²) in [6, 6.07) is 8.47. The van der Waals surface area contributed by atoms with E-state index in [1.165, 1.54) is 25.7 Å². The highest BCUT2D eigenvalue weighted by Gasteiger charge is 2.17. The Balaban J connectivity index is 1.47. The molecule has 128 valence electrons. The van der Waals surface area contributed by atoms with Gasteiger partial charge in [0.1, 0.15) is 5.82 Å². The second kappa shape index (κ2) is 7.01. The maximum Gasteiger partial charge on any atom is 0.163 e. The number of pyridine rings is 1. The molecule has 0 spiro atoms. The van der Waals surface area contributed by atoms with Crippen LogP contribution in [0.1, 0.15) is 43.1 Å². The lowest BCUT2D eigenvalue weighted by Gasteiger charge is -2.09. The molecule has 4 rings (SSSR count). The summed E-state index contributed by atoms with van der Waals surface area (Å²) < 4.78 is 2.12.